The molecule has 0 aliphatic heterocycles. The van der Waals surface area contributed by atoms with Gasteiger partial charge in [0, 0.05) is 17.8 Å². The summed E-state index contributed by atoms with van der Waals surface area (Å²) in [6.45, 7) is 2.93. The Hall–Kier alpha value is -1.56. The zero-order valence-electron chi connectivity index (χ0n) is 10.3. The summed E-state index contributed by atoms with van der Waals surface area (Å²) in [6.07, 6.45) is 0.709. The van der Waals surface area contributed by atoms with Gasteiger partial charge >= 0.3 is 12.0 Å². The van der Waals surface area contributed by atoms with Crippen LogP contribution in [0.5, 0.6) is 0 Å². The van der Waals surface area contributed by atoms with Gasteiger partial charge in [-0.05, 0) is 23.8 Å². The molecule has 1 aromatic heterocycles. The van der Waals surface area contributed by atoms with Gasteiger partial charge in [-0.1, -0.05) is 13.0 Å². The summed E-state index contributed by atoms with van der Waals surface area (Å²) in [5, 5.41) is 16.0. The zero-order chi connectivity index (χ0) is 13.4. The first-order valence-electron chi connectivity index (χ1n) is 5.84. The van der Waals surface area contributed by atoms with Crippen molar-refractivity contribution >= 4 is 23.3 Å². The second kappa shape index (κ2) is 7.71. The quantitative estimate of drug-likeness (QED) is 0.709. The van der Waals surface area contributed by atoms with E-state index in [2.05, 4.69) is 10.6 Å². The van der Waals surface area contributed by atoms with Gasteiger partial charge < -0.3 is 15.7 Å². The van der Waals surface area contributed by atoms with Crippen LogP contribution in [0.15, 0.2) is 17.5 Å². The highest BCUT2D eigenvalue weighted by atomic mass is 32.1. The third-order valence-electron chi connectivity index (χ3n) is 2.47. The molecule has 100 valence electrons. The number of carbonyl (C=O) groups is 2. The summed E-state index contributed by atoms with van der Waals surface area (Å²) < 4.78 is 0. The van der Waals surface area contributed by atoms with Gasteiger partial charge in [-0.25, -0.2) is 4.79 Å². The van der Waals surface area contributed by atoms with Gasteiger partial charge in [0.15, 0.2) is 0 Å². The van der Waals surface area contributed by atoms with Crippen LogP contribution in [-0.4, -0.2) is 23.7 Å². The zero-order valence-corrected chi connectivity index (χ0v) is 11.1. The van der Waals surface area contributed by atoms with Crippen LogP contribution in [0.1, 0.15) is 24.6 Å². The molecule has 5 nitrogen and oxygen atoms in total. The Morgan fingerprint density at radius 1 is 1.44 bits per heavy atom. The number of carboxylic acid groups (broad SMARTS) is 1. The molecule has 0 fully saturated rings. The van der Waals surface area contributed by atoms with E-state index in [0.29, 0.717) is 19.5 Å². The van der Waals surface area contributed by atoms with Gasteiger partial charge in [-0.15, -0.1) is 11.3 Å². The molecule has 0 saturated carbocycles. The molecule has 1 atom stereocenters. The van der Waals surface area contributed by atoms with Crippen LogP contribution in [0, 0.1) is 5.92 Å². The fourth-order valence-electron chi connectivity index (χ4n) is 1.38. The predicted molar refractivity (Wildman–Crippen MR) is 70.6 cm³/mol. The first-order chi connectivity index (χ1) is 8.58. The minimum absolute atomic E-state index is 0.139. The van der Waals surface area contributed by atoms with Gasteiger partial charge in [0.2, 0.25) is 0 Å². The monoisotopic (exact) mass is 270 g/mol. The van der Waals surface area contributed by atoms with E-state index in [0.717, 1.165) is 4.88 Å². The fraction of sp³-hybridized carbons (Fsp3) is 0.500. The van der Waals surface area contributed by atoms with Crippen LogP contribution in [-0.2, 0) is 11.3 Å². The highest BCUT2D eigenvalue weighted by molar-refractivity contribution is 7.09. The first kappa shape index (κ1) is 14.5. The maximum atomic E-state index is 11.4. The Kier molecular flexibility index (Phi) is 6.21. The molecule has 0 aliphatic carbocycles. The number of hydrogen-bond donors (Lipinski definition) is 3. The van der Waals surface area contributed by atoms with Gasteiger partial charge in [-0.3, -0.25) is 4.79 Å². The summed E-state index contributed by atoms with van der Waals surface area (Å²) in [7, 11) is 0. The van der Waals surface area contributed by atoms with Crippen molar-refractivity contribution in [1.29, 1.82) is 0 Å². The standard InChI is InChI=1S/C12H18N2O3S/c1-9(4-5-11(15)16)7-13-12(17)14-8-10-3-2-6-18-10/h2-3,6,9H,4-5,7-8H2,1H3,(H,15,16)(H2,13,14,17). The highest BCUT2D eigenvalue weighted by Gasteiger charge is 2.07. The van der Waals surface area contributed by atoms with Crippen molar-refractivity contribution < 1.29 is 14.7 Å². The van der Waals surface area contributed by atoms with Crippen LogP contribution in [0.25, 0.3) is 0 Å². The maximum Gasteiger partial charge on any atom is 0.315 e. The molecular formula is C12H18N2O3S. The summed E-state index contributed by atoms with van der Waals surface area (Å²) in [5.41, 5.74) is 0. The topological polar surface area (TPSA) is 78.4 Å². The van der Waals surface area contributed by atoms with E-state index in [1.54, 1.807) is 11.3 Å². The van der Waals surface area contributed by atoms with E-state index >= 15 is 0 Å². The SMILES string of the molecule is CC(CCC(=O)O)CNC(=O)NCc1cccs1. The molecule has 1 aromatic rings. The molecule has 1 rings (SSSR count). The average molecular weight is 270 g/mol. The number of urea groups is 1. The van der Waals surface area contributed by atoms with Crippen molar-refractivity contribution in [2.24, 2.45) is 5.92 Å². The fourth-order valence-corrected chi connectivity index (χ4v) is 2.03. The molecule has 0 saturated heterocycles. The molecule has 18 heavy (non-hydrogen) atoms. The first-order valence-corrected chi connectivity index (χ1v) is 6.71. The second-order valence-corrected chi connectivity index (χ2v) is 5.21. The summed E-state index contributed by atoms with van der Waals surface area (Å²) >= 11 is 1.59. The van der Waals surface area contributed by atoms with E-state index in [9.17, 15) is 9.59 Å². The van der Waals surface area contributed by atoms with Gasteiger partial charge in [0.1, 0.15) is 0 Å². The van der Waals surface area contributed by atoms with Crippen molar-refractivity contribution in [3.8, 4) is 0 Å². The van der Waals surface area contributed by atoms with Crippen molar-refractivity contribution in [2.75, 3.05) is 6.54 Å². The van der Waals surface area contributed by atoms with Gasteiger partial charge in [0.25, 0.3) is 0 Å². The van der Waals surface area contributed by atoms with Gasteiger partial charge in [0.05, 0.1) is 6.54 Å². The average Bonchev–Trinajstić information content (AvgIpc) is 2.84. The Labute approximate surface area is 110 Å². The molecule has 1 heterocycles. The van der Waals surface area contributed by atoms with Crippen LogP contribution in [0.3, 0.4) is 0 Å². The van der Waals surface area contributed by atoms with Gasteiger partial charge in [-0.2, -0.15) is 0 Å². The molecule has 0 spiro atoms. The number of rotatable bonds is 7. The molecule has 3 N–H and O–H groups in total. The van der Waals surface area contributed by atoms with Crippen molar-refractivity contribution in [1.82, 2.24) is 10.6 Å². The molecule has 0 aliphatic rings. The lowest BCUT2D eigenvalue weighted by molar-refractivity contribution is -0.137. The number of aliphatic carboxylic acids is 1. The molecule has 0 aromatic carbocycles. The van der Waals surface area contributed by atoms with E-state index < -0.39 is 5.97 Å². The Bertz CT molecular complexity index is 379. The normalized spacial score (nSPS) is 11.8. The van der Waals surface area contributed by atoms with Crippen LogP contribution >= 0.6 is 11.3 Å². The number of carboxylic acids is 1. The Morgan fingerprint density at radius 2 is 2.22 bits per heavy atom. The van der Waals surface area contributed by atoms with Crippen LogP contribution in [0.4, 0.5) is 4.79 Å². The number of hydrogen-bond acceptors (Lipinski definition) is 3. The molecule has 0 radical (unpaired) electrons. The smallest absolute Gasteiger partial charge is 0.315 e. The van der Waals surface area contributed by atoms with Crippen LogP contribution in [0.2, 0.25) is 0 Å². The maximum absolute atomic E-state index is 11.4. The summed E-state index contributed by atoms with van der Waals surface area (Å²) in [6, 6.07) is 3.68. The lowest BCUT2D eigenvalue weighted by atomic mass is 10.1. The number of nitrogens with one attached hydrogen (secondary N) is 2. The number of carbonyl (C=O) groups excluding carboxylic acids is 1. The summed E-state index contributed by atoms with van der Waals surface area (Å²) in [5.74, 6) is -0.641. The molecular weight excluding hydrogens is 252 g/mol. The van der Waals surface area contributed by atoms with E-state index in [-0.39, 0.29) is 18.4 Å². The van der Waals surface area contributed by atoms with Crippen molar-refractivity contribution in [2.45, 2.75) is 26.3 Å². The lowest BCUT2D eigenvalue weighted by Gasteiger charge is -2.11. The minimum atomic E-state index is -0.802. The van der Waals surface area contributed by atoms with Crippen molar-refractivity contribution in [3.05, 3.63) is 22.4 Å². The Morgan fingerprint density at radius 3 is 2.83 bits per heavy atom. The number of amides is 2. The molecule has 6 heteroatoms. The number of thiophene rings is 1. The summed E-state index contributed by atoms with van der Waals surface area (Å²) in [4.78, 5) is 22.9. The molecule has 2 amide bonds. The molecule has 1 unspecified atom stereocenters. The minimum Gasteiger partial charge on any atom is -0.481 e. The lowest BCUT2D eigenvalue weighted by Crippen LogP contribution is -2.37. The largest absolute Gasteiger partial charge is 0.481 e. The molecule has 0 bridgehead atoms. The second-order valence-electron chi connectivity index (χ2n) is 4.18. The van der Waals surface area contributed by atoms with E-state index in [1.807, 2.05) is 24.4 Å². The van der Waals surface area contributed by atoms with E-state index in [4.69, 9.17) is 5.11 Å². The third kappa shape index (κ3) is 6.24. The Balaban J connectivity index is 2.11. The predicted octanol–water partition coefficient (Wildman–Crippen LogP) is 2.05. The highest BCUT2D eigenvalue weighted by Crippen LogP contribution is 2.07. The van der Waals surface area contributed by atoms with Crippen molar-refractivity contribution in [3.63, 3.8) is 0 Å². The third-order valence-corrected chi connectivity index (χ3v) is 3.34. The van der Waals surface area contributed by atoms with Crippen LogP contribution < -0.4 is 10.6 Å². The van der Waals surface area contributed by atoms with E-state index in [1.165, 1.54) is 0 Å².